The number of carboxylic acid groups (broad SMARTS) is 1. The molecule has 1 aromatic rings. The number of carbonyl (C=O) groups is 1. The molecular formula is C15H19FN2O5S. The summed E-state index contributed by atoms with van der Waals surface area (Å²) >= 11 is 0. The van der Waals surface area contributed by atoms with Crippen LogP contribution >= 0.6 is 0 Å². The molecule has 1 aliphatic heterocycles. The van der Waals surface area contributed by atoms with Crippen LogP contribution in [0.3, 0.4) is 0 Å². The van der Waals surface area contributed by atoms with Crippen molar-refractivity contribution in [3.8, 4) is 0 Å². The minimum absolute atomic E-state index is 0.204. The van der Waals surface area contributed by atoms with Gasteiger partial charge >= 0.3 is 5.97 Å². The van der Waals surface area contributed by atoms with E-state index in [1.165, 1.54) is 0 Å². The summed E-state index contributed by atoms with van der Waals surface area (Å²) in [6, 6.07) is 2.77. The number of sulfonamides is 1. The predicted molar refractivity (Wildman–Crippen MR) is 82.9 cm³/mol. The number of rotatable bonds is 6. The molecule has 1 saturated carbocycles. The lowest BCUT2D eigenvalue weighted by Gasteiger charge is -2.34. The molecule has 0 unspecified atom stereocenters. The highest BCUT2D eigenvalue weighted by atomic mass is 32.2. The van der Waals surface area contributed by atoms with Gasteiger partial charge in [-0.05, 0) is 31.0 Å². The van der Waals surface area contributed by atoms with Crippen LogP contribution in [0.5, 0.6) is 0 Å². The van der Waals surface area contributed by atoms with Crippen LogP contribution in [0.15, 0.2) is 23.1 Å². The van der Waals surface area contributed by atoms with E-state index in [0.717, 1.165) is 38.1 Å². The second-order valence-electron chi connectivity index (χ2n) is 6.10. The largest absolute Gasteiger partial charge is 0.478 e. The minimum Gasteiger partial charge on any atom is -0.478 e. The van der Waals surface area contributed by atoms with Gasteiger partial charge in [-0.1, -0.05) is 0 Å². The molecule has 24 heavy (non-hydrogen) atoms. The molecule has 0 spiro atoms. The zero-order valence-electron chi connectivity index (χ0n) is 13.0. The first kappa shape index (κ1) is 17.3. The second-order valence-corrected chi connectivity index (χ2v) is 7.83. The monoisotopic (exact) mass is 358 g/mol. The lowest BCUT2D eigenvalue weighted by Crippen LogP contribution is -2.50. The van der Waals surface area contributed by atoms with Gasteiger partial charge in [0.2, 0.25) is 10.0 Å². The van der Waals surface area contributed by atoms with Crippen molar-refractivity contribution in [1.29, 1.82) is 0 Å². The average molecular weight is 358 g/mol. The molecule has 0 radical (unpaired) electrons. The van der Waals surface area contributed by atoms with E-state index in [1.807, 2.05) is 0 Å². The van der Waals surface area contributed by atoms with Gasteiger partial charge in [0.05, 0.1) is 18.8 Å². The molecule has 3 rings (SSSR count). The van der Waals surface area contributed by atoms with Gasteiger partial charge in [0, 0.05) is 25.2 Å². The van der Waals surface area contributed by atoms with Crippen LogP contribution in [-0.2, 0) is 14.8 Å². The second kappa shape index (κ2) is 6.40. The van der Waals surface area contributed by atoms with E-state index < -0.39 is 26.7 Å². The normalized spacial score (nSPS) is 20.7. The number of nitrogens with zero attached hydrogens (tertiary/aromatic N) is 1. The average Bonchev–Trinajstić information content (AvgIpc) is 3.35. The van der Waals surface area contributed by atoms with Gasteiger partial charge in [-0.2, -0.15) is 0 Å². The Bertz CT molecular complexity index is 742. The van der Waals surface area contributed by atoms with Gasteiger partial charge in [0.15, 0.2) is 0 Å². The maximum absolute atomic E-state index is 14.0. The Hall–Kier alpha value is -1.55. The summed E-state index contributed by atoms with van der Waals surface area (Å²) in [7, 11) is -4.04. The van der Waals surface area contributed by atoms with Crippen molar-refractivity contribution in [1.82, 2.24) is 9.62 Å². The zero-order valence-corrected chi connectivity index (χ0v) is 13.8. The van der Waals surface area contributed by atoms with E-state index in [1.54, 1.807) is 0 Å². The summed E-state index contributed by atoms with van der Waals surface area (Å²) in [5.74, 6) is -2.38. The number of nitrogens with one attached hydrogen (secondary N) is 1. The molecule has 1 saturated heterocycles. The zero-order chi connectivity index (χ0) is 17.4. The molecule has 2 fully saturated rings. The first-order valence-electron chi connectivity index (χ1n) is 7.69. The fourth-order valence-electron chi connectivity index (χ4n) is 2.95. The Morgan fingerprint density at radius 2 is 2.00 bits per heavy atom. The number of hydrogen-bond donors (Lipinski definition) is 2. The molecule has 1 heterocycles. The highest BCUT2D eigenvalue weighted by Gasteiger charge is 2.48. The Labute approximate surface area is 139 Å². The van der Waals surface area contributed by atoms with Crippen LogP contribution in [0, 0.1) is 5.82 Å². The van der Waals surface area contributed by atoms with Gasteiger partial charge in [-0.25, -0.2) is 22.3 Å². The van der Waals surface area contributed by atoms with Crippen molar-refractivity contribution >= 4 is 16.0 Å². The van der Waals surface area contributed by atoms with Gasteiger partial charge in [0.1, 0.15) is 10.7 Å². The van der Waals surface area contributed by atoms with Gasteiger partial charge in [0.25, 0.3) is 0 Å². The molecule has 1 aliphatic carbocycles. The Kier molecular flexibility index (Phi) is 4.60. The van der Waals surface area contributed by atoms with E-state index in [4.69, 9.17) is 9.84 Å². The van der Waals surface area contributed by atoms with E-state index in [9.17, 15) is 17.6 Å². The fraction of sp³-hybridized carbons (Fsp3) is 0.533. The number of morpholine rings is 1. The fourth-order valence-corrected chi connectivity index (χ4v) is 4.12. The van der Waals surface area contributed by atoms with Gasteiger partial charge in [-0.3, -0.25) is 4.90 Å². The number of halogens is 1. The summed E-state index contributed by atoms with van der Waals surface area (Å²) in [5, 5.41) is 8.82. The first-order chi connectivity index (χ1) is 11.3. The van der Waals surface area contributed by atoms with Crippen LogP contribution in [0.2, 0.25) is 0 Å². The Morgan fingerprint density at radius 1 is 1.33 bits per heavy atom. The van der Waals surface area contributed by atoms with Crippen LogP contribution in [0.25, 0.3) is 0 Å². The molecule has 2 N–H and O–H groups in total. The summed E-state index contributed by atoms with van der Waals surface area (Å²) in [4.78, 5) is 12.5. The van der Waals surface area contributed by atoms with Crippen molar-refractivity contribution < 1.29 is 27.4 Å². The highest BCUT2D eigenvalue weighted by molar-refractivity contribution is 7.89. The molecule has 0 aromatic heterocycles. The molecule has 132 valence electrons. The van der Waals surface area contributed by atoms with Crippen molar-refractivity contribution in [3.05, 3.63) is 29.6 Å². The standard InChI is InChI=1S/C15H19FN2O5S/c16-12-9-11(14(19)20)1-2-13(12)24(21,22)17-10-15(3-4-15)18-5-7-23-8-6-18/h1-2,9,17H,3-8,10H2,(H,19,20). The number of ether oxygens (including phenoxy) is 1. The molecule has 0 amide bonds. The Morgan fingerprint density at radius 3 is 2.54 bits per heavy atom. The molecule has 0 bridgehead atoms. The lowest BCUT2D eigenvalue weighted by atomic mass is 10.2. The van der Waals surface area contributed by atoms with Crippen LogP contribution in [-0.4, -0.2) is 62.8 Å². The van der Waals surface area contributed by atoms with E-state index in [-0.39, 0.29) is 17.6 Å². The number of carboxylic acids is 1. The van der Waals surface area contributed by atoms with Gasteiger partial charge in [-0.15, -0.1) is 0 Å². The quantitative estimate of drug-likeness (QED) is 0.776. The van der Waals surface area contributed by atoms with Crippen molar-refractivity contribution in [2.75, 3.05) is 32.8 Å². The maximum atomic E-state index is 14.0. The number of benzene rings is 1. The predicted octanol–water partition coefficient (Wildman–Crippen LogP) is 0.667. The van der Waals surface area contributed by atoms with Crippen LogP contribution < -0.4 is 4.72 Å². The molecule has 9 heteroatoms. The third-order valence-electron chi connectivity index (χ3n) is 4.57. The molecule has 2 aliphatic rings. The van der Waals surface area contributed by atoms with Crippen molar-refractivity contribution in [2.24, 2.45) is 0 Å². The topological polar surface area (TPSA) is 95.9 Å². The van der Waals surface area contributed by atoms with Crippen LogP contribution in [0.1, 0.15) is 23.2 Å². The molecule has 0 atom stereocenters. The molecular weight excluding hydrogens is 339 g/mol. The summed E-state index contributed by atoms with van der Waals surface area (Å²) < 4.78 is 46.5. The van der Waals surface area contributed by atoms with Crippen molar-refractivity contribution in [2.45, 2.75) is 23.3 Å². The summed E-state index contributed by atoms with van der Waals surface area (Å²) in [5.41, 5.74) is -0.507. The third kappa shape index (κ3) is 3.44. The van der Waals surface area contributed by atoms with E-state index >= 15 is 0 Å². The summed E-state index contributed by atoms with van der Waals surface area (Å²) in [6.07, 6.45) is 1.77. The molecule has 1 aromatic carbocycles. The van der Waals surface area contributed by atoms with Gasteiger partial charge < -0.3 is 9.84 Å². The number of aromatic carboxylic acids is 1. The number of hydrogen-bond acceptors (Lipinski definition) is 5. The van der Waals surface area contributed by atoms with Crippen LogP contribution in [0.4, 0.5) is 4.39 Å². The van der Waals surface area contributed by atoms with E-state index in [2.05, 4.69) is 9.62 Å². The Balaban J connectivity index is 1.71. The third-order valence-corrected chi connectivity index (χ3v) is 6.00. The van der Waals surface area contributed by atoms with E-state index in [0.29, 0.717) is 19.3 Å². The summed E-state index contributed by atoms with van der Waals surface area (Å²) in [6.45, 7) is 2.96. The highest BCUT2D eigenvalue weighted by Crippen LogP contribution is 2.41. The molecule has 7 nitrogen and oxygen atoms in total. The first-order valence-corrected chi connectivity index (χ1v) is 9.18. The maximum Gasteiger partial charge on any atom is 0.335 e. The lowest BCUT2D eigenvalue weighted by molar-refractivity contribution is 0.0108. The smallest absolute Gasteiger partial charge is 0.335 e. The minimum atomic E-state index is -4.04. The van der Waals surface area contributed by atoms with Crippen molar-refractivity contribution in [3.63, 3.8) is 0 Å². The SMILES string of the molecule is O=C(O)c1ccc(S(=O)(=O)NCC2(N3CCOCC3)CC2)c(F)c1.